The zero-order chi connectivity index (χ0) is 11.0. The van der Waals surface area contributed by atoms with Crippen LogP contribution >= 0.6 is 0 Å². The molecule has 1 aliphatic heterocycles. The number of nitrogens with zero attached hydrogens (tertiary/aromatic N) is 1. The molecule has 3 unspecified atom stereocenters. The summed E-state index contributed by atoms with van der Waals surface area (Å²) >= 11 is 0. The molecule has 2 rings (SSSR count). The molecule has 3 atom stereocenters. The van der Waals surface area contributed by atoms with Gasteiger partial charge in [0.15, 0.2) is 0 Å². The normalized spacial score (nSPS) is 37.9. The highest BCUT2D eigenvalue weighted by atomic mass is 16.4. The summed E-state index contributed by atoms with van der Waals surface area (Å²) in [6, 6.07) is 0.975. The monoisotopic (exact) mass is 211 g/mol. The molecule has 1 heterocycles. The topological polar surface area (TPSA) is 40.5 Å². The maximum absolute atomic E-state index is 11.3. The molecule has 0 aromatic carbocycles. The largest absolute Gasteiger partial charge is 0.481 e. The highest BCUT2D eigenvalue weighted by Crippen LogP contribution is 2.38. The highest BCUT2D eigenvalue weighted by Gasteiger charge is 2.44. The smallest absolute Gasteiger partial charge is 0.308 e. The van der Waals surface area contributed by atoms with E-state index >= 15 is 0 Å². The Hall–Kier alpha value is -0.570. The lowest BCUT2D eigenvalue weighted by atomic mass is 9.79. The quantitative estimate of drug-likeness (QED) is 0.776. The summed E-state index contributed by atoms with van der Waals surface area (Å²) in [6.07, 6.45) is 4.57. The molecule has 15 heavy (non-hydrogen) atoms. The Morgan fingerprint density at radius 3 is 2.53 bits per heavy atom. The summed E-state index contributed by atoms with van der Waals surface area (Å²) < 4.78 is 0. The van der Waals surface area contributed by atoms with E-state index in [0.717, 1.165) is 19.4 Å². The van der Waals surface area contributed by atoms with Gasteiger partial charge in [-0.15, -0.1) is 0 Å². The minimum atomic E-state index is -0.597. The number of likely N-dealkylation sites (tertiary alicyclic amines) is 1. The summed E-state index contributed by atoms with van der Waals surface area (Å²) in [5.74, 6) is -0.411. The maximum atomic E-state index is 11.3. The third-order valence-corrected chi connectivity index (χ3v) is 4.02. The van der Waals surface area contributed by atoms with Gasteiger partial charge in [-0.05, 0) is 38.1 Å². The lowest BCUT2D eigenvalue weighted by molar-refractivity contribution is -0.149. The molecule has 1 aliphatic carbocycles. The van der Waals surface area contributed by atoms with E-state index in [9.17, 15) is 9.90 Å². The number of carbonyl (C=O) groups is 1. The maximum Gasteiger partial charge on any atom is 0.308 e. The first kappa shape index (κ1) is 10.9. The third kappa shape index (κ3) is 2.03. The van der Waals surface area contributed by atoms with E-state index in [-0.39, 0.29) is 12.0 Å². The number of hydrogen-bond acceptors (Lipinski definition) is 2. The second-order valence-corrected chi connectivity index (χ2v) is 5.07. The van der Waals surface area contributed by atoms with Crippen LogP contribution in [0.3, 0.4) is 0 Å². The Labute approximate surface area is 91.5 Å². The van der Waals surface area contributed by atoms with Gasteiger partial charge in [-0.1, -0.05) is 13.8 Å². The first-order chi connectivity index (χ1) is 7.15. The average molecular weight is 211 g/mol. The number of carboxylic acids is 1. The molecule has 1 saturated carbocycles. The SMILES string of the molecule is CCC1C(C(=O)O)C(C)CCN1C1CC1. The predicted octanol–water partition coefficient (Wildman–Crippen LogP) is 1.97. The molecule has 86 valence electrons. The van der Waals surface area contributed by atoms with Gasteiger partial charge in [0.25, 0.3) is 0 Å². The van der Waals surface area contributed by atoms with Crippen LogP contribution in [0.4, 0.5) is 0 Å². The molecule has 0 spiro atoms. The van der Waals surface area contributed by atoms with E-state index in [1.807, 2.05) is 0 Å². The van der Waals surface area contributed by atoms with E-state index < -0.39 is 5.97 Å². The fourth-order valence-electron chi connectivity index (χ4n) is 3.04. The van der Waals surface area contributed by atoms with Gasteiger partial charge in [0.05, 0.1) is 5.92 Å². The van der Waals surface area contributed by atoms with Gasteiger partial charge in [-0.3, -0.25) is 9.69 Å². The van der Waals surface area contributed by atoms with Crippen molar-refractivity contribution in [1.82, 2.24) is 4.90 Å². The highest BCUT2D eigenvalue weighted by molar-refractivity contribution is 5.71. The standard InChI is InChI=1S/C12H21NO2/c1-3-10-11(12(14)15)8(2)6-7-13(10)9-4-5-9/h8-11H,3-7H2,1-2H3,(H,14,15). The number of aliphatic carboxylic acids is 1. The first-order valence-electron chi connectivity index (χ1n) is 6.13. The lowest BCUT2D eigenvalue weighted by Crippen LogP contribution is -2.51. The van der Waals surface area contributed by atoms with Crippen molar-refractivity contribution in [3.63, 3.8) is 0 Å². The van der Waals surface area contributed by atoms with Crippen LogP contribution in [0.25, 0.3) is 0 Å². The minimum absolute atomic E-state index is 0.149. The minimum Gasteiger partial charge on any atom is -0.481 e. The van der Waals surface area contributed by atoms with Crippen LogP contribution in [0.5, 0.6) is 0 Å². The summed E-state index contributed by atoms with van der Waals surface area (Å²) in [5, 5.41) is 9.30. The number of carboxylic acid groups (broad SMARTS) is 1. The summed E-state index contributed by atoms with van der Waals surface area (Å²) in [7, 11) is 0. The Kier molecular flexibility index (Phi) is 3.01. The van der Waals surface area contributed by atoms with Gasteiger partial charge in [0.1, 0.15) is 0 Å². The summed E-state index contributed by atoms with van der Waals surface area (Å²) in [4.78, 5) is 13.8. The second-order valence-electron chi connectivity index (χ2n) is 5.07. The molecule has 0 bridgehead atoms. The number of hydrogen-bond donors (Lipinski definition) is 1. The van der Waals surface area contributed by atoms with Crippen molar-refractivity contribution in [1.29, 1.82) is 0 Å². The van der Waals surface area contributed by atoms with Crippen LogP contribution in [0.15, 0.2) is 0 Å². The van der Waals surface area contributed by atoms with Gasteiger partial charge in [-0.2, -0.15) is 0 Å². The van der Waals surface area contributed by atoms with Gasteiger partial charge >= 0.3 is 5.97 Å². The molecule has 0 amide bonds. The Bertz CT molecular complexity index is 250. The Balaban J connectivity index is 2.13. The second kappa shape index (κ2) is 4.12. The van der Waals surface area contributed by atoms with Crippen molar-refractivity contribution in [2.45, 2.75) is 51.6 Å². The molecule has 0 aromatic heterocycles. The Morgan fingerprint density at radius 1 is 1.40 bits per heavy atom. The lowest BCUT2D eigenvalue weighted by Gasteiger charge is -2.42. The number of piperidine rings is 1. The fraction of sp³-hybridized carbons (Fsp3) is 0.917. The molecule has 0 aromatic rings. The van der Waals surface area contributed by atoms with Crippen LogP contribution in [-0.4, -0.2) is 34.6 Å². The summed E-state index contributed by atoms with van der Waals surface area (Å²) in [6.45, 7) is 5.31. The molecule has 1 saturated heterocycles. The number of rotatable bonds is 3. The van der Waals surface area contributed by atoms with E-state index in [1.54, 1.807) is 0 Å². The third-order valence-electron chi connectivity index (χ3n) is 4.02. The van der Waals surface area contributed by atoms with Crippen molar-refractivity contribution in [3.05, 3.63) is 0 Å². The molecule has 0 radical (unpaired) electrons. The van der Waals surface area contributed by atoms with Gasteiger partial charge in [0, 0.05) is 12.1 Å². The van der Waals surface area contributed by atoms with Gasteiger partial charge in [-0.25, -0.2) is 0 Å². The van der Waals surface area contributed by atoms with E-state index in [2.05, 4.69) is 18.7 Å². The fourth-order valence-corrected chi connectivity index (χ4v) is 3.04. The van der Waals surface area contributed by atoms with Crippen LogP contribution < -0.4 is 0 Å². The molecule has 3 nitrogen and oxygen atoms in total. The molecule has 2 aliphatic rings. The first-order valence-corrected chi connectivity index (χ1v) is 6.13. The zero-order valence-electron chi connectivity index (χ0n) is 9.65. The predicted molar refractivity (Wildman–Crippen MR) is 58.7 cm³/mol. The van der Waals surface area contributed by atoms with E-state index in [4.69, 9.17) is 0 Å². The van der Waals surface area contributed by atoms with Gasteiger partial charge in [0.2, 0.25) is 0 Å². The molecular formula is C12H21NO2. The zero-order valence-corrected chi connectivity index (χ0v) is 9.65. The molecular weight excluding hydrogens is 190 g/mol. The van der Waals surface area contributed by atoms with Crippen molar-refractivity contribution < 1.29 is 9.90 Å². The van der Waals surface area contributed by atoms with Crippen LogP contribution in [0, 0.1) is 11.8 Å². The Morgan fingerprint density at radius 2 is 2.07 bits per heavy atom. The van der Waals surface area contributed by atoms with Crippen molar-refractivity contribution in [2.75, 3.05) is 6.54 Å². The van der Waals surface area contributed by atoms with Gasteiger partial charge < -0.3 is 5.11 Å². The van der Waals surface area contributed by atoms with Crippen molar-refractivity contribution in [3.8, 4) is 0 Å². The van der Waals surface area contributed by atoms with Crippen molar-refractivity contribution >= 4 is 5.97 Å². The van der Waals surface area contributed by atoms with E-state index in [1.165, 1.54) is 12.8 Å². The van der Waals surface area contributed by atoms with Crippen LogP contribution in [0.2, 0.25) is 0 Å². The van der Waals surface area contributed by atoms with Crippen molar-refractivity contribution in [2.24, 2.45) is 11.8 Å². The van der Waals surface area contributed by atoms with Crippen LogP contribution in [-0.2, 0) is 4.79 Å². The van der Waals surface area contributed by atoms with E-state index in [0.29, 0.717) is 12.0 Å². The molecule has 1 N–H and O–H groups in total. The average Bonchev–Trinajstić information content (AvgIpc) is 2.99. The molecule has 2 fully saturated rings. The van der Waals surface area contributed by atoms with Crippen LogP contribution in [0.1, 0.15) is 39.5 Å². The molecule has 3 heteroatoms. The summed E-state index contributed by atoms with van der Waals surface area (Å²) in [5.41, 5.74) is 0.